The average Bonchev–Trinajstić information content (AvgIpc) is 2.76. The maximum absolute atomic E-state index is 12.7. The lowest BCUT2D eigenvalue weighted by Gasteiger charge is -2.13. The van der Waals surface area contributed by atoms with Crippen molar-refractivity contribution in [1.29, 1.82) is 5.26 Å². The van der Waals surface area contributed by atoms with Crippen molar-refractivity contribution in [3.05, 3.63) is 92.9 Å². The van der Waals surface area contributed by atoms with Crippen molar-refractivity contribution in [2.45, 2.75) is 6.54 Å². The molecule has 156 valence electrons. The standard InChI is InChI=1S/C22H17ClN4O4/c23-17-8-16(9-18(10-17)27-6-2-1-3-21(27)29)22(30)26-12-15-5-4-14(11-24)7-19(15)31-13-20(25)28/h1-10H,12-13H2,(H2,25,28)(H,26,30). The summed E-state index contributed by atoms with van der Waals surface area (Å²) in [6.45, 7) is -0.301. The number of amides is 2. The van der Waals surface area contributed by atoms with E-state index >= 15 is 0 Å². The minimum absolute atomic E-state index is 0.0613. The Morgan fingerprint density at radius 1 is 1.16 bits per heavy atom. The highest BCUT2D eigenvalue weighted by molar-refractivity contribution is 6.31. The highest BCUT2D eigenvalue weighted by Crippen LogP contribution is 2.21. The van der Waals surface area contributed by atoms with Gasteiger partial charge in [-0.25, -0.2) is 0 Å². The molecule has 3 aromatic rings. The van der Waals surface area contributed by atoms with Gasteiger partial charge < -0.3 is 15.8 Å². The van der Waals surface area contributed by atoms with Gasteiger partial charge in [-0.05, 0) is 36.4 Å². The Kier molecular flexibility index (Phi) is 6.70. The molecule has 0 saturated carbocycles. The minimum Gasteiger partial charge on any atom is -0.483 e. The van der Waals surface area contributed by atoms with E-state index < -0.39 is 11.8 Å². The first-order chi connectivity index (χ1) is 14.9. The van der Waals surface area contributed by atoms with Gasteiger partial charge in [0.1, 0.15) is 5.75 Å². The minimum atomic E-state index is -0.667. The number of nitrogens with two attached hydrogens (primary N) is 1. The summed E-state index contributed by atoms with van der Waals surface area (Å²) in [5.41, 5.74) is 6.44. The third kappa shape index (κ3) is 5.50. The number of carbonyl (C=O) groups excluding carboxylic acids is 2. The van der Waals surface area contributed by atoms with Crippen molar-refractivity contribution in [1.82, 2.24) is 9.88 Å². The lowest BCUT2D eigenvalue weighted by atomic mass is 10.1. The molecule has 0 bridgehead atoms. The number of pyridine rings is 1. The number of primary amides is 1. The third-order valence-corrected chi connectivity index (χ3v) is 4.47. The second-order valence-corrected chi connectivity index (χ2v) is 6.92. The number of nitrogens with one attached hydrogen (secondary N) is 1. The Bertz CT molecular complexity index is 1250. The van der Waals surface area contributed by atoms with Crippen molar-refractivity contribution < 1.29 is 14.3 Å². The fraction of sp³-hybridized carbons (Fsp3) is 0.0909. The first-order valence-corrected chi connectivity index (χ1v) is 9.46. The van der Waals surface area contributed by atoms with Gasteiger partial charge in [-0.3, -0.25) is 19.0 Å². The van der Waals surface area contributed by atoms with Crippen LogP contribution >= 0.6 is 11.6 Å². The summed E-state index contributed by atoms with van der Waals surface area (Å²) in [6.07, 6.45) is 1.58. The summed E-state index contributed by atoms with van der Waals surface area (Å²) >= 11 is 6.15. The maximum Gasteiger partial charge on any atom is 0.255 e. The van der Waals surface area contributed by atoms with Gasteiger partial charge in [0.05, 0.1) is 17.3 Å². The van der Waals surface area contributed by atoms with Gasteiger partial charge >= 0.3 is 0 Å². The molecule has 0 radical (unpaired) electrons. The molecule has 1 heterocycles. The summed E-state index contributed by atoms with van der Waals surface area (Å²) in [6, 6.07) is 15.9. The first-order valence-electron chi connectivity index (χ1n) is 9.08. The van der Waals surface area contributed by atoms with E-state index in [1.54, 1.807) is 42.6 Å². The van der Waals surface area contributed by atoms with Crippen molar-refractivity contribution in [3.8, 4) is 17.5 Å². The van der Waals surface area contributed by atoms with Gasteiger partial charge in [-0.1, -0.05) is 23.7 Å². The van der Waals surface area contributed by atoms with E-state index in [9.17, 15) is 14.4 Å². The number of hydrogen-bond donors (Lipinski definition) is 2. The summed E-state index contributed by atoms with van der Waals surface area (Å²) in [5, 5.41) is 12.1. The summed E-state index contributed by atoms with van der Waals surface area (Å²) in [7, 11) is 0. The number of carbonyl (C=O) groups is 2. The van der Waals surface area contributed by atoms with Crippen LogP contribution < -0.4 is 21.3 Å². The number of aromatic nitrogens is 1. The van der Waals surface area contributed by atoms with Crippen LogP contribution in [0.4, 0.5) is 0 Å². The van der Waals surface area contributed by atoms with E-state index in [0.29, 0.717) is 21.8 Å². The van der Waals surface area contributed by atoms with Crippen LogP contribution in [0, 0.1) is 11.3 Å². The van der Waals surface area contributed by atoms with Crippen LogP contribution in [-0.4, -0.2) is 23.0 Å². The molecular weight excluding hydrogens is 420 g/mol. The van der Waals surface area contributed by atoms with Crippen LogP contribution in [0.5, 0.6) is 5.75 Å². The molecule has 2 aromatic carbocycles. The van der Waals surface area contributed by atoms with E-state index in [1.165, 1.54) is 22.8 Å². The predicted octanol–water partition coefficient (Wildman–Crippen LogP) is 2.16. The normalized spacial score (nSPS) is 10.2. The molecule has 0 fully saturated rings. The Balaban J connectivity index is 1.82. The van der Waals surface area contributed by atoms with E-state index in [0.717, 1.165) is 0 Å². The molecule has 0 atom stereocenters. The molecular formula is C22H17ClN4O4. The van der Waals surface area contributed by atoms with Crippen LogP contribution in [0.3, 0.4) is 0 Å². The zero-order valence-electron chi connectivity index (χ0n) is 16.2. The molecule has 0 saturated heterocycles. The molecule has 0 aliphatic heterocycles. The Morgan fingerprint density at radius 2 is 1.97 bits per heavy atom. The Labute approximate surface area is 182 Å². The Morgan fingerprint density at radius 3 is 2.68 bits per heavy atom. The van der Waals surface area contributed by atoms with Crippen molar-refractivity contribution in [2.75, 3.05) is 6.61 Å². The van der Waals surface area contributed by atoms with Crippen molar-refractivity contribution >= 4 is 23.4 Å². The van der Waals surface area contributed by atoms with Gasteiger partial charge in [-0.2, -0.15) is 5.26 Å². The smallest absolute Gasteiger partial charge is 0.255 e. The monoisotopic (exact) mass is 436 g/mol. The van der Waals surface area contributed by atoms with Gasteiger partial charge in [0.25, 0.3) is 17.4 Å². The quantitative estimate of drug-likeness (QED) is 0.586. The largest absolute Gasteiger partial charge is 0.483 e. The van der Waals surface area contributed by atoms with Gasteiger partial charge in [0, 0.05) is 35.0 Å². The van der Waals surface area contributed by atoms with Crippen LogP contribution in [0.15, 0.2) is 65.6 Å². The van der Waals surface area contributed by atoms with Crippen molar-refractivity contribution in [2.24, 2.45) is 5.73 Å². The zero-order chi connectivity index (χ0) is 22.4. The predicted molar refractivity (Wildman–Crippen MR) is 114 cm³/mol. The summed E-state index contributed by atoms with van der Waals surface area (Å²) in [5.74, 6) is -0.835. The SMILES string of the molecule is N#Cc1ccc(CNC(=O)c2cc(Cl)cc(-n3ccccc3=O)c2)c(OCC(N)=O)c1. The van der Waals surface area contributed by atoms with Crippen LogP contribution in [0.25, 0.3) is 5.69 Å². The molecule has 3 rings (SSSR count). The van der Waals surface area contributed by atoms with Crippen molar-refractivity contribution in [3.63, 3.8) is 0 Å². The van der Waals surface area contributed by atoms with Gasteiger partial charge in [0.2, 0.25) is 0 Å². The highest BCUT2D eigenvalue weighted by atomic mass is 35.5. The van der Waals surface area contributed by atoms with E-state index in [-0.39, 0.29) is 30.0 Å². The van der Waals surface area contributed by atoms with Gasteiger partial charge in [-0.15, -0.1) is 0 Å². The first kappa shape index (κ1) is 21.6. The number of hydrogen-bond acceptors (Lipinski definition) is 5. The molecule has 8 nitrogen and oxygen atoms in total. The van der Waals surface area contributed by atoms with Gasteiger partial charge in [0.15, 0.2) is 6.61 Å². The second-order valence-electron chi connectivity index (χ2n) is 6.48. The lowest BCUT2D eigenvalue weighted by Crippen LogP contribution is -2.25. The lowest BCUT2D eigenvalue weighted by molar-refractivity contribution is -0.119. The number of benzene rings is 2. The van der Waals surface area contributed by atoms with E-state index in [2.05, 4.69) is 5.32 Å². The van der Waals surface area contributed by atoms with E-state index in [1.807, 2.05) is 6.07 Å². The number of halogens is 1. The topological polar surface area (TPSA) is 127 Å². The molecule has 0 aliphatic carbocycles. The molecule has 0 aliphatic rings. The molecule has 9 heteroatoms. The fourth-order valence-corrected chi connectivity index (χ4v) is 3.05. The van der Waals surface area contributed by atoms with E-state index in [4.69, 9.17) is 27.3 Å². The molecule has 3 N–H and O–H groups in total. The summed E-state index contributed by atoms with van der Waals surface area (Å²) < 4.78 is 6.73. The molecule has 2 amide bonds. The Hall–Kier alpha value is -4.09. The molecule has 31 heavy (non-hydrogen) atoms. The molecule has 0 unspecified atom stereocenters. The van der Waals surface area contributed by atoms with Crippen LogP contribution in [0.1, 0.15) is 21.5 Å². The highest BCUT2D eigenvalue weighted by Gasteiger charge is 2.12. The molecule has 1 aromatic heterocycles. The summed E-state index contributed by atoms with van der Waals surface area (Å²) in [4.78, 5) is 35.8. The van der Waals surface area contributed by atoms with Crippen LogP contribution in [-0.2, 0) is 11.3 Å². The maximum atomic E-state index is 12.7. The number of nitriles is 1. The third-order valence-electron chi connectivity index (χ3n) is 4.25. The number of nitrogens with zero attached hydrogens (tertiary/aromatic N) is 2. The average molecular weight is 437 g/mol. The number of rotatable bonds is 7. The fourth-order valence-electron chi connectivity index (χ4n) is 2.82. The number of ether oxygens (including phenoxy) is 1. The van der Waals surface area contributed by atoms with Crippen LogP contribution in [0.2, 0.25) is 5.02 Å². The zero-order valence-corrected chi connectivity index (χ0v) is 16.9. The molecule has 0 spiro atoms. The second kappa shape index (κ2) is 9.61.